The van der Waals surface area contributed by atoms with Crippen LogP contribution in [0.3, 0.4) is 0 Å². The smallest absolute Gasteiger partial charge is 0.251 e. The first-order valence-electron chi connectivity index (χ1n) is 10.3. The summed E-state index contributed by atoms with van der Waals surface area (Å²) in [6.45, 7) is 0.328. The van der Waals surface area contributed by atoms with E-state index in [2.05, 4.69) is 20.6 Å². The van der Waals surface area contributed by atoms with E-state index in [4.69, 9.17) is 4.98 Å². The van der Waals surface area contributed by atoms with Crippen molar-refractivity contribution in [2.24, 2.45) is 0 Å². The van der Waals surface area contributed by atoms with E-state index in [1.54, 1.807) is 18.5 Å². The Kier molecular flexibility index (Phi) is 5.05. The predicted molar refractivity (Wildman–Crippen MR) is 118 cm³/mol. The summed E-state index contributed by atoms with van der Waals surface area (Å²) >= 11 is 0. The molecule has 3 N–H and O–H groups in total. The number of imidazole rings is 1. The van der Waals surface area contributed by atoms with Crippen molar-refractivity contribution in [3.8, 4) is 17.1 Å². The van der Waals surface area contributed by atoms with E-state index < -0.39 is 0 Å². The van der Waals surface area contributed by atoms with Gasteiger partial charge in [-0.25, -0.2) is 15.0 Å². The van der Waals surface area contributed by atoms with Crippen molar-refractivity contribution in [3.63, 3.8) is 0 Å². The molecule has 1 saturated carbocycles. The topological polar surface area (TPSA) is 105 Å². The Hall–Kier alpha value is -3.78. The third-order valence-electron chi connectivity index (χ3n) is 5.15. The minimum absolute atomic E-state index is 0.0228. The molecule has 2 aromatic carbocycles. The van der Waals surface area contributed by atoms with Crippen molar-refractivity contribution in [1.82, 2.24) is 24.8 Å². The molecule has 0 bridgehead atoms. The van der Waals surface area contributed by atoms with Crippen LogP contribution in [0.25, 0.3) is 28.2 Å². The average molecular weight is 414 g/mol. The van der Waals surface area contributed by atoms with E-state index >= 15 is 0 Å². The van der Waals surface area contributed by atoms with Gasteiger partial charge in [-0.1, -0.05) is 30.3 Å². The van der Waals surface area contributed by atoms with Gasteiger partial charge in [-0.05, 0) is 37.1 Å². The zero-order valence-corrected chi connectivity index (χ0v) is 16.8. The summed E-state index contributed by atoms with van der Waals surface area (Å²) in [7, 11) is 0. The minimum atomic E-state index is -0.0575. The number of carbonyl (C=O) groups excluding carboxylic acids is 1. The zero-order valence-electron chi connectivity index (χ0n) is 16.8. The van der Waals surface area contributed by atoms with Crippen molar-refractivity contribution in [2.45, 2.75) is 18.9 Å². The van der Waals surface area contributed by atoms with E-state index in [1.807, 2.05) is 47.0 Å². The van der Waals surface area contributed by atoms with Gasteiger partial charge >= 0.3 is 0 Å². The van der Waals surface area contributed by atoms with Gasteiger partial charge in [0.2, 0.25) is 0 Å². The first kappa shape index (κ1) is 19.2. The largest absolute Gasteiger partial charge is 0.395 e. The van der Waals surface area contributed by atoms with Gasteiger partial charge in [-0.15, -0.1) is 0 Å². The van der Waals surface area contributed by atoms with Crippen molar-refractivity contribution in [1.29, 1.82) is 0 Å². The van der Waals surface area contributed by atoms with Crippen molar-refractivity contribution < 1.29 is 9.90 Å². The maximum Gasteiger partial charge on any atom is 0.251 e. The van der Waals surface area contributed by atoms with Gasteiger partial charge in [0.25, 0.3) is 5.91 Å². The van der Waals surface area contributed by atoms with Gasteiger partial charge in [0.05, 0.1) is 6.61 Å². The molecule has 1 amide bonds. The number of aliphatic hydroxyl groups excluding tert-OH is 1. The Balaban J connectivity index is 1.55. The van der Waals surface area contributed by atoms with E-state index in [0.29, 0.717) is 41.0 Å². The fourth-order valence-corrected chi connectivity index (χ4v) is 3.37. The molecule has 0 spiro atoms. The van der Waals surface area contributed by atoms with Crippen molar-refractivity contribution in [2.75, 3.05) is 18.5 Å². The molecule has 31 heavy (non-hydrogen) atoms. The Labute approximate surface area is 179 Å². The molecule has 0 aliphatic heterocycles. The number of amides is 1. The lowest BCUT2D eigenvalue weighted by atomic mass is 10.1. The summed E-state index contributed by atoms with van der Waals surface area (Å²) < 4.78 is 1.90. The van der Waals surface area contributed by atoms with Crippen LogP contribution in [0.15, 0.2) is 60.9 Å². The molecule has 8 heteroatoms. The van der Waals surface area contributed by atoms with E-state index in [-0.39, 0.29) is 12.5 Å². The highest BCUT2D eigenvalue weighted by atomic mass is 16.3. The molecule has 5 rings (SSSR count). The number of carbonyl (C=O) groups is 1. The molecule has 0 saturated heterocycles. The van der Waals surface area contributed by atoms with Gasteiger partial charge in [0.15, 0.2) is 22.8 Å². The Morgan fingerprint density at radius 2 is 1.84 bits per heavy atom. The van der Waals surface area contributed by atoms with Crippen LogP contribution >= 0.6 is 0 Å². The van der Waals surface area contributed by atoms with Gasteiger partial charge in [0, 0.05) is 29.4 Å². The second-order valence-corrected chi connectivity index (χ2v) is 7.49. The van der Waals surface area contributed by atoms with Gasteiger partial charge in [-0.2, -0.15) is 0 Å². The summed E-state index contributed by atoms with van der Waals surface area (Å²) in [6.07, 6.45) is 3.82. The van der Waals surface area contributed by atoms with Crippen LogP contribution in [0.5, 0.6) is 0 Å². The Bertz CT molecular complexity index is 1220. The molecule has 8 nitrogen and oxygen atoms in total. The Morgan fingerprint density at radius 1 is 1.06 bits per heavy atom. The van der Waals surface area contributed by atoms with Crippen molar-refractivity contribution in [3.05, 3.63) is 66.5 Å². The summed E-state index contributed by atoms with van der Waals surface area (Å²) in [6, 6.07) is 17.4. The highest BCUT2D eigenvalue weighted by molar-refractivity contribution is 5.95. The minimum Gasteiger partial charge on any atom is -0.395 e. The zero-order chi connectivity index (χ0) is 21.2. The monoisotopic (exact) mass is 414 g/mol. The van der Waals surface area contributed by atoms with Crippen LogP contribution < -0.4 is 10.6 Å². The predicted octanol–water partition coefficient (Wildman–Crippen LogP) is 2.78. The number of hydrogen-bond donors (Lipinski definition) is 3. The lowest BCUT2D eigenvalue weighted by Gasteiger charge is -2.10. The fourth-order valence-electron chi connectivity index (χ4n) is 3.37. The summed E-state index contributed by atoms with van der Waals surface area (Å²) in [5.41, 5.74) is 3.63. The number of anilines is 1. The lowest BCUT2D eigenvalue weighted by Crippen LogP contribution is -2.25. The number of para-hydroxylation sites is 1. The van der Waals surface area contributed by atoms with E-state index in [9.17, 15) is 9.90 Å². The molecule has 0 radical (unpaired) electrons. The molecule has 2 aromatic heterocycles. The van der Waals surface area contributed by atoms with Crippen LogP contribution in [-0.2, 0) is 0 Å². The molecular formula is C23H22N6O2. The van der Waals surface area contributed by atoms with Crippen LogP contribution in [0.1, 0.15) is 23.2 Å². The molecule has 156 valence electrons. The molecule has 4 aromatic rings. The quantitative estimate of drug-likeness (QED) is 0.430. The molecule has 1 aliphatic carbocycles. The molecule has 0 atom stereocenters. The van der Waals surface area contributed by atoms with Crippen molar-refractivity contribution >= 4 is 22.9 Å². The highest BCUT2D eigenvalue weighted by Gasteiger charge is 2.23. The molecular weight excluding hydrogens is 392 g/mol. The second-order valence-electron chi connectivity index (χ2n) is 7.49. The van der Waals surface area contributed by atoms with E-state index in [0.717, 1.165) is 24.1 Å². The fraction of sp³-hybridized carbons (Fsp3) is 0.217. The van der Waals surface area contributed by atoms with E-state index in [1.165, 1.54) is 0 Å². The number of fused-ring (bicyclic) bond motifs is 1. The SMILES string of the molecule is O=C(NC1CC1)c1ccc(-c2nc(NCCO)c3ncn(-c4ccccc4)c3n2)cc1. The molecule has 1 fully saturated rings. The first-order chi connectivity index (χ1) is 15.2. The average Bonchev–Trinajstić information content (AvgIpc) is 3.52. The van der Waals surface area contributed by atoms with Gasteiger partial charge < -0.3 is 15.7 Å². The number of nitrogens with one attached hydrogen (secondary N) is 2. The number of benzene rings is 2. The lowest BCUT2D eigenvalue weighted by molar-refractivity contribution is 0.0951. The van der Waals surface area contributed by atoms with Crippen LogP contribution in [0.4, 0.5) is 5.82 Å². The number of aliphatic hydroxyl groups is 1. The molecule has 2 heterocycles. The number of nitrogens with zero attached hydrogens (tertiary/aromatic N) is 4. The third kappa shape index (κ3) is 3.97. The molecule has 0 unspecified atom stereocenters. The maximum absolute atomic E-state index is 12.3. The standard InChI is InChI=1S/C23H22N6O2/c30-13-12-24-21-19-22(29(14-25-19)18-4-2-1-3-5-18)28-20(27-21)15-6-8-16(9-7-15)23(31)26-17-10-11-17/h1-9,14,17,30H,10-13H2,(H,26,31)(H,24,27,28). The summed E-state index contributed by atoms with van der Waals surface area (Å²) in [5, 5.41) is 15.4. The highest BCUT2D eigenvalue weighted by Crippen LogP contribution is 2.26. The summed E-state index contributed by atoms with van der Waals surface area (Å²) in [5.74, 6) is 1.01. The maximum atomic E-state index is 12.3. The number of hydrogen-bond acceptors (Lipinski definition) is 6. The van der Waals surface area contributed by atoms with Gasteiger partial charge in [-0.3, -0.25) is 9.36 Å². The number of rotatable bonds is 7. The van der Waals surface area contributed by atoms with Crippen LogP contribution in [0, 0.1) is 0 Å². The van der Waals surface area contributed by atoms with Crippen LogP contribution in [-0.4, -0.2) is 49.7 Å². The Morgan fingerprint density at radius 3 is 2.55 bits per heavy atom. The normalized spacial score (nSPS) is 13.3. The molecule has 1 aliphatic rings. The second kappa shape index (κ2) is 8.16. The first-order valence-corrected chi connectivity index (χ1v) is 10.3. The summed E-state index contributed by atoms with van der Waals surface area (Å²) in [4.78, 5) is 26.2. The number of aromatic nitrogens is 4. The third-order valence-corrected chi connectivity index (χ3v) is 5.15. The van der Waals surface area contributed by atoms with Gasteiger partial charge in [0.1, 0.15) is 6.33 Å². The van der Waals surface area contributed by atoms with Crippen LogP contribution in [0.2, 0.25) is 0 Å².